The van der Waals surface area contributed by atoms with E-state index in [1.165, 1.54) is 10.6 Å². The van der Waals surface area contributed by atoms with Crippen molar-refractivity contribution in [3.63, 3.8) is 0 Å². The predicted molar refractivity (Wildman–Crippen MR) is 90.6 cm³/mol. The van der Waals surface area contributed by atoms with Crippen LogP contribution in [-0.4, -0.2) is 49.2 Å². The van der Waals surface area contributed by atoms with Crippen molar-refractivity contribution in [1.29, 1.82) is 0 Å². The van der Waals surface area contributed by atoms with Crippen LogP contribution in [0.5, 0.6) is 0 Å². The van der Waals surface area contributed by atoms with Gasteiger partial charge in [0.15, 0.2) is 0 Å². The fraction of sp³-hybridized carbons (Fsp3) is 0.562. The molecule has 0 aliphatic heterocycles. The maximum absolute atomic E-state index is 11.9. The third-order valence-corrected chi connectivity index (χ3v) is 5.12. The van der Waals surface area contributed by atoms with Gasteiger partial charge in [0.1, 0.15) is 6.04 Å². The molecule has 0 unspecified atom stereocenters. The lowest BCUT2D eigenvalue weighted by Crippen LogP contribution is -2.45. The maximum Gasteiger partial charge on any atom is 0.320 e. The van der Waals surface area contributed by atoms with E-state index < -0.39 is 22.0 Å². The lowest BCUT2D eigenvalue weighted by atomic mass is 9.99. The Morgan fingerprint density at radius 1 is 1.30 bits per heavy atom. The van der Waals surface area contributed by atoms with Crippen molar-refractivity contribution in [3.05, 3.63) is 35.9 Å². The lowest BCUT2D eigenvalue weighted by molar-refractivity contribution is -0.140. The third-order valence-electron chi connectivity index (χ3n) is 3.88. The minimum absolute atomic E-state index is 0.0201. The van der Waals surface area contributed by atoms with Gasteiger partial charge in [0.05, 0.1) is 6.26 Å². The summed E-state index contributed by atoms with van der Waals surface area (Å²) in [4.78, 5) is 11.3. The third kappa shape index (κ3) is 6.68. The first-order valence-corrected chi connectivity index (χ1v) is 9.55. The molecule has 0 bridgehead atoms. The number of carboxylic acids is 1. The highest BCUT2D eigenvalue weighted by Gasteiger charge is 2.24. The van der Waals surface area contributed by atoms with Gasteiger partial charge < -0.3 is 10.4 Å². The summed E-state index contributed by atoms with van der Waals surface area (Å²) in [6, 6.07) is 8.65. The molecule has 0 radical (unpaired) electrons. The molecule has 0 saturated heterocycles. The zero-order valence-corrected chi connectivity index (χ0v) is 14.7. The summed E-state index contributed by atoms with van der Waals surface area (Å²) in [7, 11) is -3.36. The molecular formula is C16H26N2O4S. The molecule has 2 N–H and O–H groups in total. The first kappa shape index (κ1) is 19.6. The summed E-state index contributed by atoms with van der Waals surface area (Å²) >= 11 is 0. The van der Waals surface area contributed by atoms with Crippen molar-refractivity contribution >= 4 is 16.0 Å². The number of hydrogen-bond donors (Lipinski definition) is 2. The summed E-state index contributed by atoms with van der Waals surface area (Å²) in [5.41, 5.74) is 0.898. The van der Waals surface area contributed by atoms with Gasteiger partial charge in [-0.1, -0.05) is 50.6 Å². The van der Waals surface area contributed by atoms with Crippen molar-refractivity contribution in [3.8, 4) is 0 Å². The molecule has 0 aliphatic carbocycles. The number of benzene rings is 1. The van der Waals surface area contributed by atoms with Crippen LogP contribution in [0.3, 0.4) is 0 Å². The predicted octanol–water partition coefficient (Wildman–Crippen LogP) is 1.54. The molecule has 0 saturated carbocycles. The first-order valence-electron chi connectivity index (χ1n) is 7.71. The van der Waals surface area contributed by atoms with Gasteiger partial charge in [-0.25, -0.2) is 8.42 Å². The molecule has 2 atom stereocenters. The number of rotatable bonds is 10. The van der Waals surface area contributed by atoms with E-state index in [1.54, 1.807) is 0 Å². The van der Waals surface area contributed by atoms with Crippen molar-refractivity contribution < 1.29 is 18.3 Å². The van der Waals surface area contributed by atoms with Crippen molar-refractivity contribution in [1.82, 2.24) is 9.62 Å². The van der Waals surface area contributed by atoms with Gasteiger partial charge in [-0.15, -0.1) is 0 Å². The van der Waals surface area contributed by atoms with E-state index in [-0.39, 0.29) is 19.0 Å². The van der Waals surface area contributed by atoms with Crippen LogP contribution in [0.25, 0.3) is 0 Å². The van der Waals surface area contributed by atoms with Crippen LogP contribution in [0.1, 0.15) is 25.8 Å². The van der Waals surface area contributed by atoms with Gasteiger partial charge >= 0.3 is 5.97 Å². The zero-order chi connectivity index (χ0) is 17.5. The Labute approximate surface area is 138 Å². The second-order valence-corrected chi connectivity index (χ2v) is 7.72. The Morgan fingerprint density at radius 2 is 1.91 bits per heavy atom. The molecular weight excluding hydrogens is 316 g/mol. The number of carboxylic acid groups (broad SMARTS) is 1. The first-order chi connectivity index (χ1) is 10.8. The highest BCUT2D eigenvalue weighted by Crippen LogP contribution is 2.10. The van der Waals surface area contributed by atoms with Crippen LogP contribution in [0.15, 0.2) is 30.3 Å². The minimum atomic E-state index is -3.36. The number of aliphatic carboxylic acids is 1. The van der Waals surface area contributed by atoms with Crippen LogP contribution in [0.4, 0.5) is 0 Å². The number of sulfonamides is 1. The Kier molecular flexibility index (Phi) is 7.67. The Hall–Kier alpha value is -1.44. The van der Waals surface area contributed by atoms with Crippen molar-refractivity contribution in [2.75, 3.05) is 19.3 Å². The highest BCUT2D eigenvalue weighted by atomic mass is 32.2. The normalized spacial score (nSPS) is 14.6. The smallest absolute Gasteiger partial charge is 0.320 e. The summed E-state index contributed by atoms with van der Waals surface area (Å²) in [5, 5.41) is 12.2. The molecule has 0 aliphatic rings. The van der Waals surface area contributed by atoms with Crippen molar-refractivity contribution in [2.24, 2.45) is 5.92 Å². The molecule has 1 aromatic rings. The van der Waals surface area contributed by atoms with E-state index in [9.17, 15) is 18.3 Å². The van der Waals surface area contributed by atoms with Gasteiger partial charge in [-0.2, -0.15) is 4.31 Å². The van der Waals surface area contributed by atoms with E-state index in [0.717, 1.165) is 12.0 Å². The summed E-state index contributed by atoms with van der Waals surface area (Å²) in [6.07, 6.45) is 1.91. The molecule has 23 heavy (non-hydrogen) atoms. The number of carbonyl (C=O) groups is 1. The topological polar surface area (TPSA) is 86.7 Å². The lowest BCUT2D eigenvalue weighted by Gasteiger charge is -2.24. The quantitative estimate of drug-likeness (QED) is 0.673. The van der Waals surface area contributed by atoms with Crippen LogP contribution in [0.2, 0.25) is 0 Å². The molecule has 0 heterocycles. The Bertz CT molecular complexity index is 589. The van der Waals surface area contributed by atoms with E-state index in [4.69, 9.17) is 0 Å². The van der Waals surface area contributed by atoms with Crippen LogP contribution in [0, 0.1) is 5.92 Å². The van der Waals surface area contributed by atoms with Crippen LogP contribution >= 0.6 is 0 Å². The van der Waals surface area contributed by atoms with E-state index in [0.29, 0.717) is 6.54 Å². The fourth-order valence-corrected chi connectivity index (χ4v) is 3.07. The molecule has 7 heteroatoms. The highest BCUT2D eigenvalue weighted by molar-refractivity contribution is 7.88. The Balaban J connectivity index is 2.67. The number of hydrogen-bond acceptors (Lipinski definition) is 4. The van der Waals surface area contributed by atoms with Gasteiger partial charge in [-0.05, 0) is 11.5 Å². The Morgan fingerprint density at radius 3 is 2.39 bits per heavy atom. The molecule has 0 spiro atoms. The SMILES string of the molecule is CC[C@H](C)[C@H](NCCN(Cc1ccccc1)S(C)(=O)=O)C(=O)O. The number of nitrogens with one attached hydrogen (secondary N) is 1. The summed E-state index contributed by atoms with van der Waals surface area (Å²) in [5.74, 6) is -0.929. The van der Waals surface area contributed by atoms with Gasteiger partial charge in [0.2, 0.25) is 10.0 Å². The zero-order valence-electron chi connectivity index (χ0n) is 13.9. The summed E-state index contributed by atoms with van der Waals surface area (Å²) in [6.45, 7) is 4.60. The molecule has 0 fully saturated rings. The average molecular weight is 342 g/mol. The average Bonchev–Trinajstić information content (AvgIpc) is 2.49. The standard InChI is InChI=1S/C16H26N2O4S/c1-4-13(2)15(16(19)20)17-10-11-18(23(3,21)22)12-14-8-6-5-7-9-14/h5-9,13,15,17H,4,10-12H2,1-3H3,(H,19,20)/t13-,15-/m0/s1. The molecule has 6 nitrogen and oxygen atoms in total. The maximum atomic E-state index is 11.9. The minimum Gasteiger partial charge on any atom is -0.480 e. The second kappa shape index (κ2) is 9.00. The molecule has 1 aromatic carbocycles. The van der Waals surface area contributed by atoms with Gasteiger partial charge in [0, 0.05) is 19.6 Å². The van der Waals surface area contributed by atoms with Gasteiger partial charge in [-0.3, -0.25) is 4.79 Å². The number of nitrogens with zero attached hydrogens (tertiary/aromatic N) is 1. The van der Waals surface area contributed by atoms with E-state index in [2.05, 4.69) is 5.32 Å². The van der Waals surface area contributed by atoms with Gasteiger partial charge in [0.25, 0.3) is 0 Å². The summed E-state index contributed by atoms with van der Waals surface area (Å²) < 4.78 is 25.2. The molecule has 0 amide bonds. The van der Waals surface area contributed by atoms with E-state index >= 15 is 0 Å². The molecule has 1 rings (SSSR count). The molecule has 130 valence electrons. The van der Waals surface area contributed by atoms with E-state index in [1.807, 2.05) is 44.2 Å². The monoisotopic (exact) mass is 342 g/mol. The van der Waals surface area contributed by atoms with Crippen LogP contribution < -0.4 is 5.32 Å². The fourth-order valence-electron chi connectivity index (χ4n) is 2.26. The molecule has 0 aromatic heterocycles. The van der Waals surface area contributed by atoms with Crippen molar-refractivity contribution in [2.45, 2.75) is 32.9 Å². The largest absolute Gasteiger partial charge is 0.480 e. The second-order valence-electron chi connectivity index (χ2n) is 5.74. The van der Waals surface area contributed by atoms with Crippen LogP contribution in [-0.2, 0) is 21.4 Å².